The zero-order valence-corrected chi connectivity index (χ0v) is 12.5. The number of carbonyl (C=O) groups excluding carboxylic acids is 1. The van der Waals surface area contributed by atoms with E-state index in [2.05, 4.69) is 10.9 Å². The lowest BCUT2D eigenvalue weighted by Crippen LogP contribution is -2.30. The fourth-order valence-electron chi connectivity index (χ4n) is 2.01. The standard InChI is InChI=1S/C14H12F3N3O4/c1-7-5-10(8(2)24-7)13(21)19-18-11-4-3-9(14(15,16)17)6-12(11)20(22)23/h3-6,18H,1-2H3,(H,19,21). The normalized spacial score (nSPS) is 11.2. The minimum atomic E-state index is -4.71. The number of carbonyl (C=O) groups is 1. The van der Waals surface area contributed by atoms with Gasteiger partial charge < -0.3 is 4.42 Å². The lowest BCUT2D eigenvalue weighted by atomic mass is 10.1. The van der Waals surface area contributed by atoms with E-state index in [-0.39, 0.29) is 11.3 Å². The van der Waals surface area contributed by atoms with Gasteiger partial charge in [-0.3, -0.25) is 25.8 Å². The Bertz CT molecular complexity index is 799. The van der Waals surface area contributed by atoms with Gasteiger partial charge >= 0.3 is 6.18 Å². The quantitative estimate of drug-likeness (QED) is 0.653. The number of nitrogens with zero attached hydrogens (tertiary/aromatic N) is 1. The van der Waals surface area contributed by atoms with Crippen molar-refractivity contribution in [1.29, 1.82) is 0 Å². The molecule has 1 amide bonds. The highest BCUT2D eigenvalue weighted by Crippen LogP contribution is 2.34. The van der Waals surface area contributed by atoms with Crippen molar-refractivity contribution in [3.8, 4) is 0 Å². The molecule has 0 spiro atoms. The molecule has 0 aliphatic carbocycles. The summed E-state index contributed by atoms with van der Waals surface area (Å²) < 4.78 is 43.0. The van der Waals surface area contributed by atoms with Crippen molar-refractivity contribution in [3.05, 3.63) is 57.0 Å². The third-order valence-electron chi connectivity index (χ3n) is 3.12. The molecule has 0 aliphatic rings. The fraction of sp³-hybridized carbons (Fsp3) is 0.214. The van der Waals surface area contributed by atoms with Gasteiger partial charge in [0, 0.05) is 6.07 Å². The van der Waals surface area contributed by atoms with Gasteiger partial charge in [-0.05, 0) is 32.0 Å². The molecule has 0 aliphatic heterocycles. The molecule has 24 heavy (non-hydrogen) atoms. The minimum Gasteiger partial charge on any atom is -0.466 e. The molecule has 2 N–H and O–H groups in total. The first-order chi connectivity index (χ1) is 11.1. The first-order valence-corrected chi connectivity index (χ1v) is 6.58. The van der Waals surface area contributed by atoms with Crippen LogP contribution in [-0.2, 0) is 6.18 Å². The Balaban J connectivity index is 2.22. The summed E-state index contributed by atoms with van der Waals surface area (Å²) in [6.07, 6.45) is -4.71. The number of hydrogen-bond donors (Lipinski definition) is 2. The van der Waals surface area contributed by atoms with Gasteiger partial charge in [0.2, 0.25) is 0 Å². The smallest absolute Gasteiger partial charge is 0.416 e. The van der Waals surface area contributed by atoms with Gasteiger partial charge in [-0.1, -0.05) is 0 Å². The van der Waals surface area contributed by atoms with E-state index in [1.54, 1.807) is 13.8 Å². The van der Waals surface area contributed by atoms with Crippen LogP contribution in [0.15, 0.2) is 28.7 Å². The molecule has 0 unspecified atom stereocenters. The summed E-state index contributed by atoms with van der Waals surface area (Å²) in [5.74, 6) is 0.199. The predicted molar refractivity (Wildman–Crippen MR) is 77.4 cm³/mol. The molecule has 128 valence electrons. The average Bonchev–Trinajstić information content (AvgIpc) is 2.82. The van der Waals surface area contributed by atoms with E-state index in [0.717, 1.165) is 6.07 Å². The minimum absolute atomic E-state index is 0.203. The average molecular weight is 343 g/mol. The van der Waals surface area contributed by atoms with Crippen LogP contribution in [0.25, 0.3) is 0 Å². The first kappa shape index (κ1) is 17.3. The SMILES string of the molecule is Cc1cc(C(=O)NNc2ccc(C(F)(F)F)cc2[N+](=O)[O-])c(C)o1. The van der Waals surface area contributed by atoms with E-state index < -0.39 is 28.3 Å². The molecule has 0 fully saturated rings. The van der Waals surface area contributed by atoms with Gasteiger partial charge in [-0.15, -0.1) is 0 Å². The van der Waals surface area contributed by atoms with Gasteiger partial charge in [0.25, 0.3) is 11.6 Å². The highest BCUT2D eigenvalue weighted by atomic mass is 19.4. The zero-order valence-electron chi connectivity index (χ0n) is 12.5. The molecule has 2 aromatic rings. The van der Waals surface area contributed by atoms with Crippen molar-refractivity contribution in [3.63, 3.8) is 0 Å². The summed E-state index contributed by atoms with van der Waals surface area (Å²) in [7, 11) is 0. The molecule has 2 rings (SSSR count). The van der Waals surface area contributed by atoms with Crippen molar-refractivity contribution in [2.24, 2.45) is 0 Å². The van der Waals surface area contributed by atoms with Crippen LogP contribution in [-0.4, -0.2) is 10.8 Å². The van der Waals surface area contributed by atoms with Crippen LogP contribution >= 0.6 is 0 Å². The van der Waals surface area contributed by atoms with Crippen LogP contribution < -0.4 is 10.9 Å². The number of halogens is 3. The highest BCUT2D eigenvalue weighted by Gasteiger charge is 2.33. The van der Waals surface area contributed by atoms with Crippen molar-refractivity contribution in [1.82, 2.24) is 5.43 Å². The molecule has 1 aromatic carbocycles. The van der Waals surface area contributed by atoms with Crippen molar-refractivity contribution in [2.45, 2.75) is 20.0 Å². The summed E-state index contributed by atoms with van der Waals surface area (Å²) in [5, 5.41) is 10.9. The summed E-state index contributed by atoms with van der Waals surface area (Å²) >= 11 is 0. The Morgan fingerprint density at radius 3 is 2.42 bits per heavy atom. The molecule has 7 nitrogen and oxygen atoms in total. The van der Waals surface area contributed by atoms with E-state index >= 15 is 0 Å². The highest BCUT2D eigenvalue weighted by molar-refractivity contribution is 5.96. The second-order valence-corrected chi connectivity index (χ2v) is 4.89. The number of aryl methyl sites for hydroxylation is 2. The number of alkyl halides is 3. The number of furan rings is 1. The number of benzene rings is 1. The Labute approximate surface area is 133 Å². The number of rotatable bonds is 4. The van der Waals surface area contributed by atoms with Crippen LogP contribution in [0, 0.1) is 24.0 Å². The van der Waals surface area contributed by atoms with Crippen molar-refractivity contribution < 1.29 is 27.3 Å². The summed E-state index contributed by atoms with van der Waals surface area (Å²) in [6, 6.07) is 3.40. The number of nitro groups is 1. The maximum absolute atomic E-state index is 12.6. The van der Waals surface area contributed by atoms with Crippen LogP contribution in [0.4, 0.5) is 24.5 Å². The van der Waals surface area contributed by atoms with E-state index in [4.69, 9.17) is 4.42 Å². The number of nitrogens with one attached hydrogen (secondary N) is 2. The number of nitro benzene ring substituents is 1. The number of hydrogen-bond acceptors (Lipinski definition) is 5. The first-order valence-electron chi connectivity index (χ1n) is 6.58. The van der Waals surface area contributed by atoms with E-state index in [1.807, 2.05) is 0 Å². The molecule has 1 heterocycles. The predicted octanol–water partition coefficient (Wildman–Crippen LogP) is 3.58. The Hall–Kier alpha value is -3.04. The molecule has 10 heteroatoms. The fourth-order valence-corrected chi connectivity index (χ4v) is 2.01. The van der Waals surface area contributed by atoms with E-state index in [9.17, 15) is 28.1 Å². The number of anilines is 1. The Morgan fingerprint density at radius 1 is 1.25 bits per heavy atom. The van der Waals surface area contributed by atoms with Crippen molar-refractivity contribution in [2.75, 3.05) is 5.43 Å². The zero-order chi connectivity index (χ0) is 18.1. The molecule has 0 bridgehead atoms. The molecule has 0 saturated heterocycles. The summed E-state index contributed by atoms with van der Waals surface area (Å²) in [6.45, 7) is 3.19. The number of hydrazine groups is 1. The second-order valence-electron chi connectivity index (χ2n) is 4.89. The van der Waals surface area contributed by atoms with Crippen LogP contribution in [0.2, 0.25) is 0 Å². The maximum atomic E-state index is 12.6. The van der Waals surface area contributed by atoms with Gasteiger partial charge in [0.05, 0.1) is 16.1 Å². The van der Waals surface area contributed by atoms with Gasteiger partial charge in [-0.2, -0.15) is 13.2 Å². The third-order valence-corrected chi connectivity index (χ3v) is 3.12. The summed E-state index contributed by atoms with van der Waals surface area (Å²) in [5.41, 5.74) is 2.40. The molecule has 1 aromatic heterocycles. The third kappa shape index (κ3) is 3.65. The van der Waals surface area contributed by atoms with Crippen LogP contribution in [0.5, 0.6) is 0 Å². The molecule has 0 radical (unpaired) electrons. The maximum Gasteiger partial charge on any atom is 0.416 e. The second kappa shape index (κ2) is 6.22. The van der Waals surface area contributed by atoms with Gasteiger partial charge in [0.15, 0.2) is 0 Å². The lowest BCUT2D eigenvalue weighted by Gasteiger charge is -2.11. The van der Waals surface area contributed by atoms with Crippen molar-refractivity contribution >= 4 is 17.3 Å². The van der Waals surface area contributed by atoms with Crippen LogP contribution in [0.3, 0.4) is 0 Å². The lowest BCUT2D eigenvalue weighted by molar-refractivity contribution is -0.384. The monoisotopic (exact) mass is 343 g/mol. The molecule has 0 saturated carbocycles. The molecular weight excluding hydrogens is 331 g/mol. The van der Waals surface area contributed by atoms with E-state index in [1.165, 1.54) is 6.07 Å². The topological polar surface area (TPSA) is 97.4 Å². The van der Waals surface area contributed by atoms with E-state index in [0.29, 0.717) is 23.7 Å². The Kier molecular flexibility index (Phi) is 4.49. The molecular formula is C14H12F3N3O4. The van der Waals surface area contributed by atoms with Gasteiger partial charge in [-0.25, -0.2) is 0 Å². The van der Waals surface area contributed by atoms with Crippen LogP contribution in [0.1, 0.15) is 27.4 Å². The van der Waals surface area contributed by atoms with Gasteiger partial charge in [0.1, 0.15) is 17.2 Å². The Morgan fingerprint density at radius 2 is 1.92 bits per heavy atom. The number of amides is 1. The largest absolute Gasteiger partial charge is 0.466 e. The molecule has 0 atom stereocenters. The summed E-state index contributed by atoms with van der Waals surface area (Å²) in [4.78, 5) is 21.9.